The quantitative estimate of drug-likeness (QED) is 0.256. The summed E-state index contributed by atoms with van der Waals surface area (Å²) in [6.45, 7) is 8.17. The van der Waals surface area contributed by atoms with Crippen LogP contribution < -0.4 is 9.80 Å². The van der Waals surface area contributed by atoms with Gasteiger partial charge in [-0.2, -0.15) is 10.5 Å². The molecule has 0 bridgehead atoms. The van der Waals surface area contributed by atoms with Gasteiger partial charge in [-0.05, 0) is 53.1 Å². The van der Waals surface area contributed by atoms with Crippen LogP contribution in [0.5, 0.6) is 0 Å². The highest BCUT2D eigenvalue weighted by Gasteiger charge is 2.21. The summed E-state index contributed by atoms with van der Waals surface area (Å²) in [7, 11) is 0. The highest BCUT2D eigenvalue weighted by atomic mass is 19.1. The van der Waals surface area contributed by atoms with Gasteiger partial charge < -0.3 is 14.9 Å². The highest BCUT2D eigenvalue weighted by molar-refractivity contribution is 5.74. The monoisotopic (exact) mass is 648 g/mol. The van der Waals surface area contributed by atoms with Crippen molar-refractivity contribution in [1.82, 2.24) is 9.80 Å². The standard InChI is InChI=1S/C19H20FN3O.C19H18FN3O/c2*20-18-11-17(12-21)5-6-19(18)23-9-7-22(8-10-23)13-15-1-3-16(14-24)4-2-15/h1-6,11,24H,7-10,13-14H2;1-6,11,14H,7-10,13H2. The summed E-state index contributed by atoms with van der Waals surface area (Å²) < 4.78 is 28.2. The number of rotatable bonds is 8. The fourth-order valence-corrected chi connectivity index (χ4v) is 5.93. The molecule has 2 aliphatic rings. The van der Waals surface area contributed by atoms with Crippen molar-refractivity contribution in [2.75, 3.05) is 62.2 Å². The zero-order valence-electron chi connectivity index (χ0n) is 26.7. The number of aliphatic hydroxyl groups is 1. The number of hydrogen-bond donors (Lipinski definition) is 1. The number of carbonyl (C=O) groups is 1. The molecule has 0 atom stereocenters. The molecule has 0 aromatic heterocycles. The molecule has 4 aromatic rings. The number of carbonyl (C=O) groups excluding carboxylic acids is 1. The second-order valence-corrected chi connectivity index (χ2v) is 11.9. The van der Waals surface area contributed by atoms with Crippen LogP contribution in [0.25, 0.3) is 0 Å². The number of hydrogen-bond acceptors (Lipinski definition) is 8. The number of nitriles is 2. The molecular formula is C38H38F2N6O2. The molecule has 8 nitrogen and oxygen atoms in total. The molecule has 10 heteroatoms. The maximum absolute atomic E-state index is 14.1. The van der Waals surface area contributed by atoms with Crippen molar-refractivity contribution in [3.05, 3.63) is 130 Å². The van der Waals surface area contributed by atoms with Gasteiger partial charge in [0, 0.05) is 71.0 Å². The van der Waals surface area contributed by atoms with Gasteiger partial charge in [0.25, 0.3) is 0 Å². The van der Waals surface area contributed by atoms with Crippen LogP contribution in [0.3, 0.4) is 0 Å². The molecule has 2 heterocycles. The first-order chi connectivity index (χ1) is 23.4. The lowest BCUT2D eigenvalue weighted by molar-refractivity contribution is 0.112. The highest BCUT2D eigenvalue weighted by Crippen LogP contribution is 2.24. The van der Waals surface area contributed by atoms with Gasteiger partial charge in [0.2, 0.25) is 0 Å². The Hall–Kier alpha value is -5.13. The van der Waals surface area contributed by atoms with E-state index in [0.717, 1.165) is 77.3 Å². The Bertz CT molecular complexity index is 1750. The summed E-state index contributed by atoms with van der Waals surface area (Å²) >= 11 is 0. The number of halogens is 2. The fraction of sp³-hybridized carbons (Fsp3) is 0.289. The van der Waals surface area contributed by atoms with Crippen molar-refractivity contribution < 1.29 is 18.7 Å². The summed E-state index contributed by atoms with van der Waals surface area (Å²) in [6, 6.07) is 28.7. The van der Waals surface area contributed by atoms with Crippen LogP contribution in [0.15, 0.2) is 84.9 Å². The Morgan fingerprint density at radius 1 is 0.604 bits per heavy atom. The van der Waals surface area contributed by atoms with Gasteiger partial charge in [-0.3, -0.25) is 14.6 Å². The van der Waals surface area contributed by atoms with Gasteiger partial charge in [-0.1, -0.05) is 48.5 Å². The summed E-state index contributed by atoms with van der Waals surface area (Å²) in [6.07, 6.45) is 0.842. The summed E-state index contributed by atoms with van der Waals surface area (Å²) in [5.41, 5.74) is 5.79. The normalized spacial score (nSPS) is 15.2. The lowest BCUT2D eigenvalue weighted by Crippen LogP contribution is -2.46. The average molecular weight is 649 g/mol. The van der Waals surface area contributed by atoms with Crippen molar-refractivity contribution in [1.29, 1.82) is 10.5 Å². The van der Waals surface area contributed by atoms with Gasteiger partial charge in [0.05, 0.1) is 41.2 Å². The van der Waals surface area contributed by atoms with Gasteiger partial charge in [-0.25, -0.2) is 8.78 Å². The smallest absolute Gasteiger partial charge is 0.150 e. The first kappa shape index (κ1) is 34.2. The number of piperazine rings is 2. The minimum Gasteiger partial charge on any atom is -0.392 e. The molecule has 6 rings (SSSR count). The third-order valence-corrected chi connectivity index (χ3v) is 8.71. The molecule has 2 aliphatic heterocycles. The van der Waals surface area contributed by atoms with Crippen LogP contribution in [-0.2, 0) is 19.7 Å². The van der Waals surface area contributed by atoms with Crippen LogP contribution in [0.2, 0.25) is 0 Å². The van der Waals surface area contributed by atoms with Crippen LogP contribution in [0.1, 0.15) is 38.2 Å². The molecule has 0 aliphatic carbocycles. The van der Waals surface area contributed by atoms with Crippen LogP contribution >= 0.6 is 0 Å². The Balaban J connectivity index is 0.000000188. The number of anilines is 2. The molecule has 0 radical (unpaired) electrons. The predicted molar refractivity (Wildman–Crippen MR) is 181 cm³/mol. The lowest BCUT2D eigenvalue weighted by Gasteiger charge is -2.36. The van der Waals surface area contributed by atoms with Gasteiger partial charge >= 0.3 is 0 Å². The number of aldehydes is 1. The molecular weight excluding hydrogens is 610 g/mol. The van der Waals surface area contributed by atoms with Gasteiger partial charge in [0.15, 0.2) is 0 Å². The third kappa shape index (κ3) is 9.02. The summed E-state index contributed by atoms with van der Waals surface area (Å²) in [5.74, 6) is -0.672. The molecule has 1 N–H and O–H groups in total. The minimum atomic E-state index is -0.341. The van der Waals surface area contributed by atoms with E-state index in [4.69, 9.17) is 15.6 Å². The molecule has 4 aromatic carbocycles. The molecule has 0 unspecified atom stereocenters. The molecule has 48 heavy (non-hydrogen) atoms. The van der Waals surface area contributed by atoms with Crippen LogP contribution in [0, 0.1) is 34.3 Å². The van der Waals surface area contributed by atoms with Crippen molar-refractivity contribution in [3.63, 3.8) is 0 Å². The van der Waals surface area contributed by atoms with Crippen LogP contribution in [0.4, 0.5) is 20.2 Å². The van der Waals surface area contributed by atoms with Crippen molar-refractivity contribution in [2.45, 2.75) is 19.7 Å². The second kappa shape index (κ2) is 16.6. The number of nitrogens with zero attached hydrogens (tertiary/aromatic N) is 6. The summed E-state index contributed by atoms with van der Waals surface area (Å²) in [4.78, 5) is 19.4. The van der Waals surface area contributed by atoms with Crippen LogP contribution in [-0.4, -0.2) is 73.6 Å². The van der Waals surface area contributed by atoms with E-state index in [1.807, 2.05) is 70.5 Å². The molecule has 0 spiro atoms. The topological polar surface area (TPSA) is 97.8 Å². The number of benzene rings is 4. The van der Waals surface area contributed by atoms with E-state index >= 15 is 0 Å². The zero-order valence-corrected chi connectivity index (χ0v) is 26.7. The maximum atomic E-state index is 14.1. The average Bonchev–Trinajstić information content (AvgIpc) is 3.13. The maximum Gasteiger partial charge on any atom is 0.150 e. The van der Waals surface area contributed by atoms with Crippen molar-refractivity contribution in [3.8, 4) is 12.1 Å². The Kier molecular flexibility index (Phi) is 11.8. The van der Waals surface area contributed by atoms with E-state index in [1.54, 1.807) is 24.3 Å². The molecule has 246 valence electrons. The third-order valence-electron chi connectivity index (χ3n) is 8.71. The summed E-state index contributed by atoms with van der Waals surface area (Å²) in [5, 5.41) is 26.7. The van der Waals surface area contributed by atoms with E-state index in [-0.39, 0.29) is 18.2 Å². The fourth-order valence-electron chi connectivity index (χ4n) is 5.93. The largest absolute Gasteiger partial charge is 0.392 e. The van der Waals surface area contributed by atoms with Crippen molar-refractivity contribution >= 4 is 17.7 Å². The van der Waals surface area contributed by atoms with E-state index in [2.05, 4.69) is 9.80 Å². The first-order valence-electron chi connectivity index (χ1n) is 16.0. The van der Waals surface area contributed by atoms with E-state index in [9.17, 15) is 13.6 Å². The van der Waals surface area contributed by atoms with E-state index in [1.165, 1.54) is 23.3 Å². The molecule has 0 amide bonds. The SMILES string of the molecule is N#Cc1ccc(N2CCN(Cc3ccc(C=O)cc3)CC2)c(F)c1.N#Cc1ccc(N2CCN(Cc3ccc(CO)cc3)CC2)c(F)c1. The Morgan fingerprint density at radius 3 is 1.35 bits per heavy atom. The molecule has 2 saturated heterocycles. The second-order valence-electron chi connectivity index (χ2n) is 11.9. The molecule has 0 saturated carbocycles. The zero-order chi connectivity index (χ0) is 33.9. The van der Waals surface area contributed by atoms with E-state index < -0.39 is 0 Å². The Labute approximate surface area is 280 Å². The van der Waals surface area contributed by atoms with Gasteiger partial charge in [0.1, 0.15) is 17.9 Å². The van der Waals surface area contributed by atoms with Gasteiger partial charge in [-0.15, -0.1) is 0 Å². The number of aliphatic hydroxyl groups excluding tert-OH is 1. The first-order valence-corrected chi connectivity index (χ1v) is 16.0. The van der Waals surface area contributed by atoms with Crippen molar-refractivity contribution in [2.24, 2.45) is 0 Å². The minimum absolute atomic E-state index is 0.0646. The Morgan fingerprint density at radius 2 is 1.00 bits per heavy atom. The predicted octanol–water partition coefficient (Wildman–Crippen LogP) is 5.34. The van der Waals surface area contributed by atoms with E-state index in [0.29, 0.717) is 28.1 Å². The molecule has 2 fully saturated rings. The lowest BCUT2D eigenvalue weighted by atomic mass is 10.1.